The fourth-order valence-electron chi connectivity index (χ4n) is 5.79. The lowest BCUT2D eigenvalue weighted by Gasteiger charge is -2.19. The molecule has 0 saturated heterocycles. The van der Waals surface area contributed by atoms with Gasteiger partial charge in [0.05, 0.1) is 13.2 Å². The summed E-state index contributed by atoms with van der Waals surface area (Å²) in [5.41, 5.74) is 5.34. The molecule has 0 fully saturated rings. The summed E-state index contributed by atoms with van der Waals surface area (Å²) in [6.07, 6.45) is 43.3. The van der Waals surface area contributed by atoms with Crippen molar-refractivity contribution in [2.45, 2.75) is 200 Å². The molecule has 310 valence electrons. The fraction of sp³-hybridized carbons (Fsp3) is 0.814. The smallest absolute Gasteiger partial charge is 0.462 e. The normalized spacial score (nSPS) is 13.7. The number of phosphoric ester groups is 1. The van der Waals surface area contributed by atoms with Gasteiger partial charge in [-0.25, -0.2) is 4.57 Å². The number of unbranched alkanes of at least 4 members (excludes halogenated alkanes) is 21. The van der Waals surface area contributed by atoms with E-state index in [1.807, 2.05) is 0 Å². The molecule has 0 aliphatic carbocycles. The van der Waals surface area contributed by atoms with Gasteiger partial charge in [0.15, 0.2) is 6.10 Å². The Morgan fingerprint density at radius 2 is 1.00 bits per heavy atom. The van der Waals surface area contributed by atoms with Gasteiger partial charge in [-0.05, 0) is 64.2 Å². The van der Waals surface area contributed by atoms with Gasteiger partial charge < -0.3 is 20.1 Å². The van der Waals surface area contributed by atoms with Gasteiger partial charge in [0.1, 0.15) is 6.61 Å². The third kappa shape index (κ3) is 39.7. The Bertz CT molecular complexity index is 970. The molecular formula is C43H80NO8P. The van der Waals surface area contributed by atoms with Gasteiger partial charge in [0.2, 0.25) is 0 Å². The van der Waals surface area contributed by atoms with Gasteiger partial charge in [-0.1, -0.05) is 153 Å². The van der Waals surface area contributed by atoms with Crippen LogP contribution in [0.2, 0.25) is 0 Å². The maximum absolute atomic E-state index is 12.5. The lowest BCUT2D eigenvalue weighted by Crippen LogP contribution is -2.29. The fourth-order valence-corrected chi connectivity index (χ4v) is 6.55. The molecule has 1 unspecified atom stereocenters. The lowest BCUT2D eigenvalue weighted by atomic mass is 10.1. The van der Waals surface area contributed by atoms with E-state index in [1.165, 1.54) is 109 Å². The first kappa shape index (κ1) is 51.2. The number of nitrogens with two attached hydrogens (primary N) is 1. The van der Waals surface area contributed by atoms with Crippen molar-refractivity contribution in [1.29, 1.82) is 0 Å². The summed E-state index contributed by atoms with van der Waals surface area (Å²) >= 11 is 0. The van der Waals surface area contributed by atoms with E-state index in [-0.39, 0.29) is 32.6 Å². The first-order chi connectivity index (χ1) is 25.8. The summed E-state index contributed by atoms with van der Waals surface area (Å²) in [7, 11) is -4.39. The van der Waals surface area contributed by atoms with Crippen LogP contribution < -0.4 is 5.73 Å². The van der Waals surface area contributed by atoms with Gasteiger partial charge in [-0.3, -0.25) is 18.6 Å². The zero-order valence-corrected chi connectivity index (χ0v) is 34.9. The highest BCUT2D eigenvalue weighted by Gasteiger charge is 2.25. The van der Waals surface area contributed by atoms with Crippen LogP contribution in [0, 0.1) is 0 Å². The molecular weight excluding hydrogens is 689 g/mol. The number of rotatable bonds is 40. The monoisotopic (exact) mass is 770 g/mol. The van der Waals surface area contributed by atoms with Crippen molar-refractivity contribution in [2.24, 2.45) is 5.73 Å². The molecule has 53 heavy (non-hydrogen) atoms. The molecule has 9 nitrogen and oxygen atoms in total. The van der Waals surface area contributed by atoms with Crippen LogP contribution in [-0.2, 0) is 32.7 Å². The quantitative estimate of drug-likeness (QED) is 0.0270. The summed E-state index contributed by atoms with van der Waals surface area (Å²) in [4.78, 5) is 34.8. The minimum absolute atomic E-state index is 0.0453. The maximum Gasteiger partial charge on any atom is 0.472 e. The Morgan fingerprint density at radius 3 is 1.51 bits per heavy atom. The summed E-state index contributed by atoms with van der Waals surface area (Å²) in [5.74, 6) is -0.898. The maximum atomic E-state index is 12.5. The van der Waals surface area contributed by atoms with Gasteiger partial charge in [-0.15, -0.1) is 0 Å². The molecule has 0 bridgehead atoms. The lowest BCUT2D eigenvalue weighted by molar-refractivity contribution is -0.161. The first-order valence-corrected chi connectivity index (χ1v) is 23.0. The molecule has 3 N–H and O–H groups in total. The van der Waals surface area contributed by atoms with E-state index in [4.69, 9.17) is 24.3 Å². The number of esters is 2. The largest absolute Gasteiger partial charge is 0.472 e. The zero-order valence-electron chi connectivity index (χ0n) is 34.0. The van der Waals surface area contributed by atoms with Crippen LogP contribution in [-0.4, -0.2) is 49.3 Å². The molecule has 0 aliphatic rings. The van der Waals surface area contributed by atoms with Gasteiger partial charge in [0, 0.05) is 19.4 Å². The molecule has 0 aromatic heterocycles. The molecule has 0 aromatic carbocycles. The van der Waals surface area contributed by atoms with Crippen molar-refractivity contribution >= 4 is 19.8 Å². The number of hydrogen-bond acceptors (Lipinski definition) is 8. The summed E-state index contributed by atoms with van der Waals surface area (Å²) < 4.78 is 32.7. The van der Waals surface area contributed by atoms with Crippen LogP contribution in [0.3, 0.4) is 0 Å². The molecule has 0 aliphatic heterocycles. The molecule has 0 rings (SSSR count). The van der Waals surface area contributed by atoms with Crippen molar-refractivity contribution in [3.63, 3.8) is 0 Å². The van der Waals surface area contributed by atoms with Crippen LogP contribution in [0.15, 0.2) is 36.5 Å². The Hall–Kier alpha value is -1.77. The summed E-state index contributed by atoms with van der Waals surface area (Å²) in [6.45, 7) is 3.67. The second-order valence-electron chi connectivity index (χ2n) is 14.2. The number of carbonyl (C=O) groups is 2. The minimum atomic E-state index is -4.39. The van der Waals surface area contributed by atoms with Crippen molar-refractivity contribution in [1.82, 2.24) is 0 Å². The van der Waals surface area contributed by atoms with E-state index >= 15 is 0 Å². The molecule has 0 amide bonds. The van der Waals surface area contributed by atoms with Crippen molar-refractivity contribution < 1.29 is 37.6 Å². The average molecular weight is 770 g/mol. The van der Waals surface area contributed by atoms with Crippen LogP contribution >= 0.6 is 7.82 Å². The molecule has 0 spiro atoms. The zero-order chi connectivity index (χ0) is 38.9. The number of phosphoric acid groups is 1. The Labute approximate surface area is 324 Å². The first-order valence-electron chi connectivity index (χ1n) is 21.5. The van der Waals surface area contributed by atoms with E-state index in [0.29, 0.717) is 12.8 Å². The van der Waals surface area contributed by atoms with E-state index in [9.17, 15) is 19.0 Å². The third-order valence-electron chi connectivity index (χ3n) is 9.00. The van der Waals surface area contributed by atoms with E-state index in [0.717, 1.165) is 44.9 Å². The highest BCUT2D eigenvalue weighted by molar-refractivity contribution is 7.47. The summed E-state index contributed by atoms with van der Waals surface area (Å²) in [5, 5.41) is 0. The Balaban J connectivity index is 4.25. The standard InChI is InChI=1S/C43H80NO8P/c1-3-5-7-9-11-13-15-17-19-20-22-24-26-28-30-32-34-36-43(46)52-41(40-51-53(47,48)50-38-37-44)39-49-42(45)35-33-31-29-27-25-23-21-18-16-14-12-10-8-6-4-2/h22-25,28,30,41H,3-21,26-27,29,31-40,44H2,1-2H3,(H,47,48)/b24-22+,25-23+,30-28+/t41-/m1/s1. The number of allylic oxidation sites excluding steroid dienone is 6. The van der Waals surface area contributed by atoms with Crippen LogP contribution in [0.25, 0.3) is 0 Å². The molecule has 0 heterocycles. The SMILES string of the molecule is CCCCCCCCCC/C=C/CCCCCC(=O)OC[C@H](COP(=O)(O)OCCN)OC(=O)CCC/C=C/C/C=C/CCCCCCCCCCC. The predicted molar refractivity (Wildman–Crippen MR) is 220 cm³/mol. The second kappa shape index (κ2) is 39.9. The van der Waals surface area contributed by atoms with Crippen LogP contribution in [0.5, 0.6) is 0 Å². The topological polar surface area (TPSA) is 134 Å². The van der Waals surface area contributed by atoms with Crippen molar-refractivity contribution in [2.75, 3.05) is 26.4 Å². The van der Waals surface area contributed by atoms with Gasteiger partial charge >= 0.3 is 19.8 Å². The molecule has 0 saturated carbocycles. The van der Waals surface area contributed by atoms with Gasteiger partial charge in [-0.2, -0.15) is 0 Å². The number of hydrogen-bond donors (Lipinski definition) is 2. The van der Waals surface area contributed by atoms with Crippen molar-refractivity contribution in [3.05, 3.63) is 36.5 Å². The number of ether oxygens (including phenoxy) is 2. The highest BCUT2D eigenvalue weighted by Crippen LogP contribution is 2.43. The highest BCUT2D eigenvalue weighted by atomic mass is 31.2. The minimum Gasteiger partial charge on any atom is -0.462 e. The number of carbonyl (C=O) groups excluding carboxylic acids is 2. The summed E-state index contributed by atoms with van der Waals surface area (Å²) in [6, 6.07) is 0. The van der Waals surface area contributed by atoms with Gasteiger partial charge in [0.25, 0.3) is 0 Å². The van der Waals surface area contributed by atoms with Crippen molar-refractivity contribution in [3.8, 4) is 0 Å². The van der Waals surface area contributed by atoms with E-state index in [2.05, 4.69) is 50.3 Å². The third-order valence-corrected chi connectivity index (χ3v) is 9.98. The predicted octanol–water partition coefficient (Wildman–Crippen LogP) is 12.2. The van der Waals surface area contributed by atoms with Crippen LogP contribution in [0.4, 0.5) is 0 Å². The average Bonchev–Trinajstić information content (AvgIpc) is 3.14. The Morgan fingerprint density at radius 1 is 0.566 bits per heavy atom. The Kier molecular flexibility index (Phi) is 38.6. The van der Waals surface area contributed by atoms with E-state index in [1.54, 1.807) is 0 Å². The van der Waals surface area contributed by atoms with E-state index < -0.39 is 32.5 Å². The molecule has 0 radical (unpaired) electrons. The molecule has 10 heteroatoms. The molecule has 2 atom stereocenters. The molecule has 0 aromatic rings. The van der Waals surface area contributed by atoms with Crippen LogP contribution in [0.1, 0.15) is 194 Å². The second-order valence-corrected chi connectivity index (χ2v) is 15.7.